The average Bonchev–Trinajstić information content (AvgIpc) is 2.61. The van der Waals surface area contributed by atoms with Gasteiger partial charge in [-0.05, 0) is 18.1 Å². The lowest BCUT2D eigenvalue weighted by Crippen LogP contribution is -2.40. The molecular weight excluding hydrogens is 356 g/mol. The van der Waals surface area contributed by atoms with E-state index in [2.05, 4.69) is 42.0 Å². The molecule has 0 heterocycles. The van der Waals surface area contributed by atoms with Gasteiger partial charge in [0.25, 0.3) is 0 Å². The molecule has 0 aliphatic rings. The molecular formula is C18H26N2O3S2. The summed E-state index contributed by atoms with van der Waals surface area (Å²) in [5.74, 6) is 1.87. The van der Waals surface area contributed by atoms with Crippen molar-refractivity contribution < 1.29 is 14.7 Å². The van der Waals surface area contributed by atoms with Gasteiger partial charge >= 0.3 is 0 Å². The molecule has 0 saturated carbocycles. The number of thiol groups is 1. The summed E-state index contributed by atoms with van der Waals surface area (Å²) in [6, 6.07) is 8.24. The lowest BCUT2D eigenvalue weighted by Gasteiger charge is -2.13. The first kappa shape index (κ1) is 21.6. The van der Waals surface area contributed by atoms with E-state index in [4.69, 9.17) is 0 Å². The summed E-state index contributed by atoms with van der Waals surface area (Å²) in [4.78, 5) is 23.1. The van der Waals surface area contributed by atoms with Crippen LogP contribution in [0.3, 0.4) is 0 Å². The number of hydrogen-bond acceptors (Lipinski definition) is 5. The normalized spacial score (nSPS) is 11.6. The zero-order chi connectivity index (χ0) is 18.7. The van der Waals surface area contributed by atoms with Crippen LogP contribution in [0.15, 0.2) is 36.4 Å². The van der Waals surface area contributed by atoms with E-state index >= 15 is 0 Å². The number of benzene rings is 1. The molecule has 2 amide bonds. The summed E-state index contributed by atoms with van der Waals surface area (Å²) in [5, 5.41) is 14.9. The fourth-order valence-electron chi connectivity index (χ4n) is 1.93. The predicted molar refractivity (Wildman–Crippen MR) is 107 cm³/mol. The zero-order valence-corrected chi connectivity index (χ0v) is 16.2. The summed E-state index contributed by atoms with van der Waals surface area (Å²) in [5.41, 5.74) is 2.79. The molecule has 138 valence electrons. The van der Waals surface area contributed by atoms with Crippen LogP contribution in [0.1, 0.15) is 24.5 Å². The summed E-state index contributed by atoms with van der Waals surface area (Å²) in [6.45, 7) is 5.30. The Hall–Kier alpha value is -1.44. The Morgan fingerprint density at radius 2 is 1.96 bits per heavy atom. The Morgan fingerprint density at radius 1 is 1.28 bits per heavy atom. The average molecular weight is 383 g/mol. The standard InChI is InChI=1S/C18H26N2O3S2/c1-13(2)18(23)20-10-16(21)9-19-17(22)6-7-25-12-15-5-3-4-14(8-15)11-24/h3-5,8,16,21,24H,1,6-7,9-12H2,2H3,(H,19,22)(H,20,23). The zero-order valence-electron chi connectivity index (χ0n) is 14.5. The first-order valence-electron chi connectivity index (χ1n) is 8.07. The molecule has 7 heteroatoms. The highest BCUT2D eigenvalue weighted by Crippen LogP contribution is 2.15. The van der Waals surface area contributed by atoms with Gasteiger partial charge < -0.3 is 15.7 Å². The van der Waals surface area contributed by atoms with Crippen molar-refractivity contribution in [3.63, 3.8) is 0 Å². The van der Waals surface area contributed by atoms with Crippen molar-refractivity contribution >= 4 is 36.2 Å². The lowest BCUT2D eigenvalue weighted by atomic mass is 10.2. The van der Waals surface area contributed by atoms with Gasteiger partial charge in [-0.1, -0.05) is 30.8 Å². The topological polar surface area (TPSA) is 78.4 Å². The molecule has 0 aliphatic heterocycles. The fourth-order valence-corrected chi connectivity index (χ4v) is 3.01. The second-order valence-electron chi connectivity index (χ2n) is 5.73. The van der Waals surface area contributed by atoms with Gasteiger partial charge in [0.2, 0.25) is 11.8 Å². The quantitative estimate of drug-likeness (QED) is 0.268. The second-order valence-corrected chi connectivity index (χ2v) is 7.15. The van der Waals surface area contributed by atoms with Crippen LogP contribution in [0.5, 0.6) is 0 Å². The van der Waals surface area contributed by atoms with Crippen molar-refractivity contribution in [2.45, 2.75) is 31.0 Å². The third kappa shape index (κ3) is 9.57. The van der Waals surface area contributed by atoms with Crippen molar-refractivity contribution in [1.82, 2.24) is 10.6 Å². The number of rotatable bonds is 11. The van der Waals surface area contributed by atoms with Crippen LogP contribution in [0.4, 0.5) is 0 Å². The van der Waals surface area contributed by atoms with E-state index in [-0.39, 0.29) is 24.9 Å². The van der Waals surface area contributed by atoms with Crippen molar-refractivity contribution in [3.8, 4) is 0 Å². The lowest BCUT2D eigenvalue weighted by molar-refractivity contribution is -0.121. The summed E-state index contributed by atoms with van der Waals surface area (Å²) in [7, 11) is 0. The molecule has 1 unspecified atom stereocenters. The van der Waals surface area contributed by atoms with Gasteiger partial charge in [0.15, 0.2) is 0 Å². The Labute approximate surface area is 159 Å². The third-order valence-electron chi connectivity index (χ3n) is 3.34. The summed E-state index contributed by atoms with van der Waals surface area (Å²) >= 11 is 5.95. The molecule has 3 N–H and O–H groups in total. The molecule has 0 spiro atoms. The Balaban J connectivity index is 2.14. The van der Waals surface area contributed by atoms with Crippen LogP contribution in [-0.4, -0.2) is 41.9 Å². The Bertz CT molecular complexity index is 593. The Morgan fingerprint density at radius 3 is 2.64 bits per heavy atom. The molecule has 1 atom stereocenters. The maximum Gasteiger partial charge on any atom is 0.246 e. The van der Waals surface area contributed by atoms with Gasteiger partial charge in [0, 0.05) is 42.3 Å². The number of nitrogens with one attached hydrogen (secondary N) is 2. The number of amides is 2. The highest BCUT2D eigenvalue weighted by Gasteiger charge is 2.09. The molecule has 1 aromatic carbocycles. The molecule has 5 nitrogen and oxygen atoms in total. The maximum atomic E-state index is 11.8. The minimum Gasteiger partial charge on any atom is -0.389 e. The number of aliphatic hydroxyl groups excluding tert-OH is 1. The highest BCUT2D eigenvalue weighted by atomic mass is 32.2. The monoisotopic (exact) mass is 382 g/mol. The number of thioether (sulfide) groups is 1. The van der Waals surface area contributed by atoms with Crippen molar-refractivity contribution in [2.24, 2.45) is 0 Å². The van der Waals surface area contributed by atoms with Crippen LogP contribution in [0.2, 0.25) is 0 Å². The van der Waals surface area contributed by atoms with Crippen LogP contribution < -0.4 is 10.6 Å². The smallest absolute Gasteiger partial charge is 0.246 e. The number of carbonyl (C=O) groups is 2. The SMILES string of the molecule is C=C(C)C(=O)NCC(O)CNC(=O)CCSCc1cccc(CS)c1. The molecule has 1 rings (SSSR count). The molecule has 1 aromatic rings. The van der Waals surface area contributed by atoms with Crippen LogP contribution in [-0.2, 0) is 21.1 Å². The number of carbonyl (C=O) groups excluding carboxylic acids is 2. The minimum atomic E-state index is -0.816. The van der Waals surface area contributed by atoms with E-state index in [0.29, 0.717) is 17.7 Å². The van der Waals surface area contributed by atoms with E-state index in [9.17, 15) is 14.7 Å². The number of aliphatic hydroxyl groups is 1. The summed E-state index contributed by atoms with van der Waals surface area (Å²) in [6.07, 6.45) is -0.425. The molecule has 0 radical (unpaired) electrons. The molecule has 0 saturated heterocycles. The predicted octanol–water partition coefficient (Wildman–Crippen LogP) is 1.91. The maximum absolute atomic E-state index is 11.8. The molecule has 0 fully saturated rings. The molecule has 0 bridgehead atoms. The van der Waals surface area contributed by atoms with Crippen molar-refractivity contribution in [3.05, 3.63) is 47.5 Å². The largest absolute Gasteiger partial charge is 0.389 e. The Kier molecular flexibility index (Phi) is 10.4. The summed E-state index contributed by atoms with van der Waals surface area (Å²) < 4.78 is 0. The van der Waals surface area contributed by atoms with E-state index in [1.165, 1.54) is 11.1 Å². The number of hydrogen-bond donors (Lipinski definition) is 4. The van der Waals surface area contributed by atoms with Gasteiger partial charge in [0.1, 0.15) is 0 Å². The first-order chi connectivity index (χ1) is 11.9. The third-order valence-corrected chi connectivity index (χ3v) is 4.73. The van der Waals surface area contributed by atoms with Crippen LogP contribution >= 0.6 is 24.4 Å². The molecule has 25 heavy (non-hydrogen) atoms. The minimum absolute atomic E-state index is 0.0855. The van der Waals surface area contributed by atoms with Crippen LogP contribution in [0, 0.1) is 0 Å². The van der Waals surface area contributed by atoms with Crippen molar-refractivity contribution in [1.29, 1.82) is 0 Å². The van der Waals surface area contributed by atoms with E-state index in [1.54, 1.807) is 18.7 Å². The van der Waals surface area contributed by atoms with Gasteiger partial charge in [-0.15, -0.1) is 0 Å². The molecule has 0 aromatic heterocycles. The van der Waals surface area contributed by atoms with Crippen LogP contribution in [0.25, 0.3) is 0 Å². The van der Waals surface area contributed by atoms with E-state index in [0.717, 1.165) is 11.5 Å². The van der Waals surface area contributed by atoms with Gasteiger partial charge in [-0.25, -0.2) is 0 Å². The van der Waals surface area contributed by atoms with Gasteiger partial charge in [-0.2, -0.15) is 24.4 Å². The van der Waals surface area contributed by atoms with E-state index in [1.807, 2.05) is 12.1 Å². The first-order valence-corrected chi connectivity index (χ1v) is 9.86. The van der Waals surface area contributed by atoms with E-state index < -0.39 is 6.10 Å². The van der Waals surface area contributed by atoms with Gasteiger partial charge in [0.05, 0.1) is 6.10 Å². The van der Waals surface area contributed by atoms with Crippen molar-refractivity contribution in [2.75, 3.05) is 18.8 Å². The fraction of sp³-hybridized carbons (Fsp3) is 0.444. The molecule has 0 aliphatic carbocycles. The second kappa shape index (κ2) is 12.0. The van der Waals surface area contributed by atoms with Gasteiger partial charge in [-0.3, -0.25) is 9.59 Å². The highest BCUT2D eigenvalue weighted by molar-refractivity contribution is 7.98.